The first-order valence-corrected chi connectivity index (χ1v) is 5.65. The van der Waals surface area contributed by atoms with E-state index in [-0.39, 0.29) is 11.5 Å². The molecule has 1 unspecified atom stereocenters. The number of ether oxygens (including phenoxy) is 1. The first-order chi connectivity index (χ1) is 6.57. The predicted octanol–water partition coefficient (Wildman–Crippen LogP) is 2.82. The van der Waals surface area contributed by atoms with Gasteiger partial charge in [0.15, 0.2) is 0 Å². The van der Waals surface area contributed by atoms with Crippen LogP contribution in [0.4, 0.5) is 4.39 Å². The third kappa shape index (κ3) is 1.97. The summed E-state index contributed by atoms with van der Waals surface area (Å²) in [5.74, 6) is -0.0750. The molecule has 0 saturated carbocycles. The Morgan fingerprint density at radius 3 is 2.43 bits per heavy atom. The highest BCUT2D eigenvalue weighted by Gasteiger charge is 2.49. The van der Waals surface area contributed by atoms with E-state index in [9.17, 15) is 4.39 Å². The summed E-state index contributed by atoms with van der Waals surface area (Å²) in [6.07, 6.45) is 2.96. The van der Waals surface area contributed by atoms with Crippen molar-refractivity contribution in [1.29, 1.82) is 0 Å². The van der Waals surface area contributed by atoms with Gasteiger partial charge in [-0.2, -0.15) is 0 Å². The fourth-order valence-corrected chi connectivity index (χ4v) is 2.36. The second kappa shape index (κ2) is 4.65. The van der Waals surface area contributed by atoms with Gasteiger partial charge in [-0.3, -0.25) is 0 Å². The summed E-state index contributed by atoms with van der Waals surface area (Å²) in [7, 11) is 5.59. The number of hydrogen-bond acceptors (Lipinski definition) is 1. The van der Waals surface area contributed by atoms with Crippen molar-refractivity contribution in [2.75, 3.05) is 0 Å². The van der Waals surface area contributed by atoms with Crippen LogP contribution in [0.2, 0.25) is 0 Å². The number of halogens is 1. The molecular formula is C11H20BFO. The van der Waals surface area contributed by atoms with Crippen molar-refractivity contribution in [3.63, 3.8) is 0 Å². The van der Waals surface area contributed by atoms with Crippen LogP contribution in [0.25, 0.3) is 0 Å². The normalized spacial score (nSPS) is 43.0. The molecule has 1 rings (SSSR count). The summed E-state index contributed by atoms with van der Waals surface area (Å²) in [6, 6.07) is -0.721. The largest absolute Gasteiger partial charge is 0.378 e. The molecule has 14 heavy (non-hydrogen) atoms. The lowest BCUT2D eigenvalue weighted by Gasteiger charge is -2.32. The molecule has 0 N–H and O–H groups in total. The van der Waals surface area contributed by atoms with Gasteiger partial charge in [0.05, 0.1) is 5.60 Å². The van der Waals surface area contributed by atoms with E-state index < -0.39 is 12.2 Å². The van der Waals surface area contributed by atoms with Crippen LogP contribution in [0.1, 0.15) is 46.5 Å². The highest BCUT2D eigenvalue weighted by atomic mass is 19.1. The number of unbranched alkanes of at least 4 members (excludes halogenated alkanes) is 1. The zero-order chi connectivity index (χ0) is 10.8. The molecule has 4 atom stereocenters. The first kappa shape index (κ1) is 12.0. The van der Waals surface area contributed by atoms with E-state index in [0.717, 1.165) is 25.7 Å². The Hall–Kier alpha value is -0.0451. The van der Waals surface area contributed by atoms with Gasteiger partial charge in [-0.1, -0.05) is 33.6 Å². The van der Waals surface area contributed by atoms with Gasteiger partial charge >= 0.3 is 0 Å². The van der Waals surface area contributed by atoms with Crippen LogP contribution in [-0.4, -0.2) is 25.6 Å². The number of rotatable bonds is 4. The lowest BCUT2D eigenvalue weighted by molar-refractivity contribution is -0.0421. The summed E-state index contributed by atoms with van der Waals surface area (Å²) in [6.45, 7) is 6.10. The lowest BCUT2D eigenvalue weighted by atomic mass is 9.79. The van der Waals surface area contributed by atoms with E-state index in [0.29, 0.717) is 0 Å². The smallest absolute Gasteiger partial charge is 0.123 e. The summed E-state index contributed by atoms with van der Waals surface area (Å²) < 4.78 is 19.2. The topological polar surface area (TPSA) is 9.23 Å². The quantitative estimate of drug-likeness (QED) is 0.631. The standard InChI is InChI=1S/C11H20BFO/c1-4-6-7-11(5-2)8(3)9(13)10(12)14-11/h8-10H,4-7H2,1-3H3/t8?,9-,10+,11-/m0/s1. The van der Waals surface area contributed by atoms with Crippen molar-refractivity contribution in [3.05, 3.63) is 0 Å². The molecule has 1 aliphatic rings. The Morgan fingerprint density at radius 1 is 1.43 bits per heavy atom. The van der Waals surface area contributed by atoms with Gasteiger partial charge in [0.25, 0.3) is 0 Å². The van der Waals surface area contributed by atoms with E-state index >= 15 is 0 Å². The highest BCUT2D eigenvalue weighted by Crippen LogP contribution is 2.42. The molecule has 0 aliphatic carbocycles. The van der Waals surface area contributed by atoms with Crippen LogP contribution in [-0.2, 0) is 4.74 Å². The van der Waals surface area contributed by atoms with Crippen LogP contribution < -0.4 is 0 Å². The average Bonchev–Trinajstić information content (AvgIpc) is 2.41. The first-order valence-electron chi connectivity index (χ1n) is 5.65. The zero-order valence-electron chi connectivity index (χ0n) is 9.42. The second-order valence-corrected chi connectivity index (χ2v) is 4.34. The predicted molar refractivity (Wildman–Crippen MR) is 57.2 cm³/mol. The molecule has 2 radical (unpaired) electrons. The van der Waals surface area contributed by atoms with Crippen molar-refractivity contribution in [2.45, 2.75) is 64.2 Å². The Morgan fingerprint density at radius 2 is 2.07 bits per heavy atom. The number of hydrogen-bond donors (Lipinski definition) is 0. The average molecular weight is 198 g/mol. The molecule has 1 heterocycles. The van der Waals surface area contributed by atoms with Gasteiger partial charge in [-0.15, -0.1) is 0 Å². The van der Waals surface area contributed by atoms with Crippen LogP contribution in [0.3, 0.4) is 0 Å². The molecule has 0 aromatic rings. The second-order valence-electron chi connectivity index (χ2n) is 4.34. The van der Waals surface area contributed by atoms with E-state index in [2.05, 4.69) is 13.8 Å². The van der Waals surface area contributed by atoms with Crippen LogP contribution >= 0.6 is 0 Å². The van der Waals surface area contributed by atoms with Crippen molar-refractivity contribution >= 4 is 7.85 Å². The summed E-state index contributed by atoms with van der Waals surface area (Å²) in [4.78, 5) is 0. The van der Waals surface area contributed by atoms with Crippen molar-refractivity contribution in [3.8, 4) is 0 Å². The molecule has 0 spiro atoms. The summed E-state index contributed by atoms with van der Waals surface area (Å²) in [5, 5.41) is 0. The van der Waals surface area contributed by atoms with E-state index in [4.69, 9.17) is 12.6 Å². The molecule has 1 saturated heterocycles. The minimum atomic E-state index is -1.01. The fourth-order valence-electron chi connectivity index (χ4n) is 2.36. The molecular weight excluding hydrogens is 178 g/mol. The van der Waals surface area contributed by atoms with Gasteiger partial charge in [0.2, 0.25) is 0 Å². The number of alkyl halides is 1. The molecule has 0 aromatic heterocycles. The zero-order valence-corrected chi connectivity index (χ0v) is 9.42. The molecule has 1 fully saturated rings. The fraction of sp³-hybridized carbons (Fsp3) is 1.00. The maximum atomic E-state index is 13.6. The van der Waals surface area contributed by atoms with Gasteiger partial charge in [0, 0.05) is 11.9 Å². The Balaban J connectivity index is 2.69. The van der Waals surface area contributed by atoms with Crippen LogP contribution in [0.15, 0.2) is 0 Å². The van der Waals surface area contributed by atoms with Gasteiger partial charge < -0.3 is 4.74 Å². The van der Waals surface area contributed by atoms with Crippen LogP contribution in [0.5, 0.6) is 0 Å². The molecule has 1 aliphatic heterocycles. The minimum Gasteiger partial charge on any atom is -0.378 e. The van der Waals surface area contributed by atoms with Gasteiger partial charge in [-0.05, 0) is 12.8 Å². The Bertz CT molecular complexity index is 188. The molecule has 3 heteroatoms. The SMILES string of the molecule is [B][C@@H]1O[C@@](CC)(CCCC)C(C)[C@@H]1F. The lowest BCUT2D eigenvalue weighted by Crippen LogP contribution is -2.35. The molecule has 0 bridgehead atoms. The van der Waals surface area contributed by atoms with Gasteiger partial charge in [-0.25, -0.2) is 4.39 Å². The van der Waals surface area contributed by atoms with E-state index in [1.54, 1.807) is 0 Å². The van der Waals surface area contributed by atoms with Crippen molar-refractivity contribution in [2.24, 2.45) is 5.92 Å². The highest BCUT2D eigenvalue weighted by molar-refractivity contribution is 6.11. The van der Waals surface area contributed by atoms with Crippen molar-refractivity contribution < 1.29 is 9.13 Å². The molecule has 80 valence electrons. The van der Waals surface area contributed by atoms with Gasteiger partial charge in [0.1, 0.15) is 14.0 Å². The maximum Gasteiger partial charge on any atom is 0.123 e. The van der Waals surface area contributed by atoms with E-state index in [1.165, 1.54) is 0 Å². The van der Waals surface area contributed by atoms with Crippen molar-refractivity contribution in [1.82, 2.24) is 0 Å². The third-order valence-corrected chi connectivity index (χ3v) is 3.54. The maximum absolute atomic E-state index is 13.6. The van der Waals surface area contributed by atoms with Crippen LogP contribution in [0, 0.1) is 5.92 Å². The Kier molecular flexibility index (Phi) is 3.99. The molecule has 1 nitrogen and oxygen atoms in total. The Labute approximate surface area is 87.8 Å². The molecule has 0 aromatic carbocycles. The minimum absolute atomic E-state index is 0.0750. The molecule has 0 amide bonds. The summed E-state index contributed by atoms with van der Waals surface area (Å²) in [5.41, 5.74) is -0.311. The van der Waals surface area contributed by atoms with E-state index in [1.807, 2.05) is 6.92 Å². The summed E-state index contributed by atoms with van der Waals surface area (Å²) >= 11 is 0. The monoisotopic (exact) mass is 198 g/mol. The third-order valence-electron chi connectivity index (χ3n) is 3.54.